The third-order valence-corrected chi connectivity index (χ3v) is 3.98. The van der Waals surface area contributed by atoms with Gasteiger partial charge in [-0.25, -0.2) is 9.82 Å². The van der Waals surface area contributed by atoms with E-state index in [9.17, 15) is 14.0 Å². The molecule has 0 fully saturated rings. The van der Waals surface area contributed by atoms with Crippen LogP contribution in [0, 0.1) is 5.82 Å². The van der Waals surface area contributed by atoms with Gasteiger partial charge < -0.3 is 14.8 Å². The van der Waals surface area contributed by atoms with Crippen molar-refractivity contribution in [2.45, 2.75) is 13.3 Å². The third kappa shape index (κ3) is 6.34. The van der Waals surface area contributed by atoms with Gasteiger partial charge in [-0.05, 0) is 64.8 Å². The van der Waals surface area contributed by atoms with E-state index >= 15 is 0 Å². The average molecular weight is 452 g/mol. The zero-order valence-corrected chi connectivity index (χ0v) is 16.9. The normalized spacial score (nSPS) is 10.6. The molecule has 0 aliphatic rings. The van der Waals surface area contributed by atoms with Gasteiger partial charge in [0.05, 0.1) is 24.4 Å². The predicted molar refractivity (Wildman–Crippen MR) is 107 cm³/mol. The number of hydrogen-bond donors (Lipinski definition) is 2. The van der Waals surface area contributed by atoms with Crippen LogP contribution >= 0.6 is 15.9 Å². The number of nitrogens with zero attached hydrogens (tertiary/aromatic N) is 1. The molecule has 7 nitrogen and oxygen atoms in total. The van der Waals surface area contributed by atoms with E-state index in [1.54, 1.807) is 12.1 Å². The lowest BCUT2D eigenvalue weighted by Crippen LogP contribution is -2.24. The number of carbonyl (C=O) groups is 2. The Balaban J connectivity index is 1.92. The summed E-state index contributed by atoms with van der Waals surface area (Å²) in [6, 6.07) is 8.69. The van der Waals surface area contributed by atoms with Gasteiger partial charge in [0.2, 0.25) is 11.8 Å². The van der Waals surface area contributed by atoms with Gasteiger partial charge in [-0.15, -0.1) is 0 Å². The Labute approximate surface area is 170 Å². The number of anilines is 1. The number of halogens is 2. The fourth-order valence-corrected chi connectivity index (χ4v) is 2.85. The van der Waals surface area contributed by atoms with Crippen LogP contribution in [0.15, 0.2) is 46.0 Å². The summed E-state index contributed by atoms with van der Waals surface area (Å²) in [5, 5.41) is 6.33. The first-order chi connectivity index (χ1) is 13.4. The van der Waals surface area contributed by atoms with Gasteiger partial charge in [0.15, 0.2) is 11.5 Å². The Kier molecular flexibility index (Phi) is 7.94. The Hall–Kier alpha value is -2.94. The number of methoxy groups -OCH3 is 1. The molecule has 0 saturated heterocycles. The van der Waals surface area contributed by atoms with E-state index in [-0.39, 0.29) is 0 Å². The van der Waals surface area contributed by atoms with Crippen molar-refractivity contribution >= 4 is 39.6 Å². The Morgan fingerprint density at radius 3 is 2.57 bits per heavy atom. The summed E-state index contributed by atoms with van der Waals surface area (Å²) in [5.41, 5.74) is 3.34. The van der Waals surface area contributed by atoms with Gasteiger partial charge in [-0.3, -0.25) is 9.59 Å². The number of rotatable bonds is 8. The summed E-state index contributed by atoms with van der Waals surface area (Å²) >= 11 is 3.39. The van der Waals surface area contributed by atoms with Gasteiger partial charge in [0, 0.05) is 5.69 Å². The Morgan fingerprint density at radius 1 is 1.21 bits per heavy atom. The molecule has 0 atom stereocenters. The van der Waals surface area contributed by atoms with E-state index in [1.807, 2.05) is 6.92 Å². The van der Waals surface area contributed by atoms with Crippen molar-refractivity contribution in [2.24, 2.45) is 5.10 Å². The van der Waals surface area contributed by atoms with Crippen LogP contribution in [-0.4, -0.2) is 31.7 Å². The predicted octanol–water partition coefficient (Wildman–Crippen LogP) is 3.47. The summed E-state index contributed by atoms with van der Waals surface area (Å²) in [7, 11) is 1.54. The second-order valence-electron chi connectivity index (χ2n) is 5.49. The van der Waals surface area contributed by atoms with Crippen molar-refractivity contribution in [3.63, 3.8) is 0 Å². The molecule has 2 amide bonds. The maximum absolute atomic E-state index is 12.8. The molecule has 0 aromatic heterocycles. The highest BCUT2D eigenvalue weighted by Gasteiger charge is 2.11. The quantitative estimate of drug-likeness (QED) is 0.365. The molecule has 0 radical (unpaired) electrons. The van der Waals surface area contributed by atoms with Crippen molar-refractivity contribution in [3.8, 4) is 11.5 Å². The molecule has 0 heterocycles. The molecule has 28 heavy (non-hydrogen) atoms. The fourth-order valence-electron chi connectivity index (χ4n) is 2.23. The zero-order valence-electron chi connectivity index (χ0n) is 15.3. The number of amides is 2. The molecule has 0 aliphatic heterocycles. The topological polar surface area (TPSA) is 89.0 Å². The second kappa shape index (κ2) is 10.4. The molecule has 0 saturated carbocycles. The van der Waals surface area contributed by atoms with E-state index in [0.29, 0.717) is 33.8 Å². The summed E-state index contributed by atoms with van der Waals surface area (Å²) in [5.74, 6) is -0.451. The molecule has 0 bridgehead atoms. The molecule has 0 spiro atoms. The summed E-state index contributed by atoms with van der Waals surface area (Å²) < 4.78 is 24.3. The van der Waals surface area contributed by atoms with Gasteiger partial charge in [-0.1, -0.05) is 0 Å². The highest BCUT2D eigenvalue weighted by Crippen LogP contribution is 2.36. The molecule has 0 unspecified atom stereocenters. The van der Waals surface area contributed by atoms with E-state index in [4.69, 9.17) is 9.47 Å². The van der Waals surface area contributed by atoms with Crippen LogP contribution in [0.1, 0.15) is 18.9 Å². The van der Waals surface area contributed by atoms with Gasteiger partial charge >= 0.3 is 0 Å². The minimum atomic E-state index is -0.589. The van der Waals surface area contributed by atoms with Crippen LogP contribution in [0.4, 0.5) is 10.1 Å². The SMILES string of the molecule is CCOc1cc(C=NNC(=O)CC(=O)Nc2ccc(F)cc2)cc(Br)c1OC. The third-order valence-electron chi connectivity index (χ3n) is 3.39. The average Bonchev–Trinajstić information content (AvgIpc) is 2.64. The number of benzene rings is 2. The highest BCUT2D eigenvalue weighted by atomic mass is 79.9. The van der Waals surface area contributed by atoms with Crippen molar-refractivity contribution in [3.05, 3.63) is 52.3 Å². The van der Waals surface area contributed by atoms with Crippen molar-refractivity contribution in [1.82, 2.24) is 5.43 Å². The Morgan fingerprint density at radius 2 is 1.93 bits per heavy atom. The minimum Gasteiger partial charge on any atom is -0.492 e. The first-order valence-corrected chi connectivity index (χ1v) is 9.10. The monoisotopic (exact) mass is 451 g/mol. The van der Waals surface area contributed by atoms with Crippen LogP contribution in [0.3, 0.4) is 0 Å². The van der Waals surface area contributed by atoms with E-state index in [2.05, 4.69) is 31.8 Å². The lowest BCUT2D eigenvalue weighted by atomic mass is 10.2. The van der Waals surface area contributed by atoms with Crippen LogP contribution in [0.2, 0.25) is 0 Å². The van der Waals surface area contributed by atoms with Crippen molar-refractivity contribution in [2.75, 3.05) is 19.0 Å². The molecule has 2 aromatic carbocycles. The number of ether oxygens (including phenoxy) is 2. The van der Waals surface area contributed by atoms with E-state index < -0.39 is 24.1 Å². The highest BCUT2D eigenvalue weighted by molar-refractivity contribution is 9.10. The van der Waals surface area contributed by atoms with E-state index in [1.165, 1.54) is 37.6 Å². The van der Waals surface area contributed by atoms with Gasteiger partial charge in [0.1, 0.15) is 12.2 Å². The fraction of sp³-hybridized carbons (Fsp3) is 0.211. The molecular formula is C19H19BrFN3O4. The van der Waals surface area contributed by atoms with Gasteiger partial charge in [-0.2, -0.15) is 5.10 Å². The lowest BCUT2D eigenvalue weighted by Gasteiger charge is -2.11. The number of hydrazone groups is 1. The first-order valence-electron chi connectivity index (χ1n) is 8.30. The van der Waals surface area contributed by atoms with Crippen LogP contribution < -0.4 is 20.2 Å². The standard InChI is InChI=1S/C19H19BrFN3O4/c1-3-28-16-9-12(8-15(20)19(16)27-2)11-22-24-18(26)10-17(25)23-14-6-4-13(21)5-7-14/h4-9,11H,3,10H2,1-2H3,(H,23,25)(H,24,26). The maximum Gasteiger partial charge on any atom is 0.249 e. The summed E-state index contributed by atoms with van der Waals surface area (Å²) in [6.07, 6.45) is 0.994. The number of carbonyl (C=O) groups excluding carboxylic acids is 2. The first kappa shape index (κ1) is 21.4. The number of hydrogen-bond acceptors (Lipinski definition) is 5. The molecule has 148 valence electrons. The minimum absolute atomic E-state index is 0.397. The largest absolute Gasteiger partial charge is 0.492 e. The molecule has 2 N–H and O–H groups in total. The molecule has 2 aromatic rings. The molecule has 2 rings (SSSR count). The molecular weight excluding hydrogens is 433 g/mol. The smallest absolute Gasteiger partial charge is 0.249 e. The summed E-state index contributed by atoms with van der Waals surface area (Å²) in [6.45, 7) is 2.31. The van der Waals surface area contributed by atoms with Crippen LogP contribution in [-0.2, 0) is 9.59 Å². The van der Waals surface area contributed by atoms with Gasteiger partial charge in [0.25, 0.3) is 0 Å². The number of nitrogens with one attached hydrogen (secondary N) is 2. The van der Waals surface area contributed by atoms with Crippen LogP contribution in [0.25, 0.3) is 0 Å². The maximum atomic E-state index is 12.8. The second-order valence-corrected chi connectivity index (χ2v) is 6.35. The van der Waals surface area contributed by atoms with Crippen molar-refractivity contribution < 1.29 is 23.5 Å². The molecule has 0 aliphatic carbocycles. The summed E-state index contributed by atoms with van der Waals surface area (Å²) in [4.78, 5) is 23.6. The van der Waals surface area contributed by atoms with E-state index in [0.717, 1.165) is 0 Å². The van der Waals surface area contributed by atoms with Crippen LogP contribution in [0.5, 0.6) is 11.5 Å². The lowest BCUT2D eigenvalue weighted by molar-refractivity contribution is -0.126. The Bertz CT molecular complexity index is 872. The van der Waals surface area contributed by atoms with Crippen molar-refractivity contribution in [1.29, 1.82) is 0 Å². The molecule has 9 heteroatoms. The zero-order chi connectivity index (χ0) is 20.5.